The summed E-state index contributed by atoms with van der Waals surface area (Å²) in [6.45, 7) is 10.2. The smallest absolute Gasteiger partial charge is 0.410 e. The van der Waals surface area contributed by atoms with Crippen LogP contribution in [-0.2, 0) is 11.3 Å². The van der Waals surface area contributed by atoms with Crippen LogP contribution in [0.5, 0.6) is 0 Å². The van der Waals surface area contributed by atoms with Crippen LogP contribution in [0.25, 0.3) is 0 Å². The molecule has 0 aromatic heterocycles. The van der Waals surface area contributed by atoms with Gasteiger partial charge in [0, 0.05) is 37.7 Å². The number of unbranched alkanes of at least 4 members (excludes halogenated alkanes) is 1. The minimum absolute atomic E-state index is 0.198. The predicted octanol–water partition coefficient (Wildman–Crippen LogP) is 4.33. The summed E-state index contributed by atoms with van der Waals surface area (Å²) in [5.41, 5.74) is 1.91. The maximum Gasteiger partial charge on any atom is 0.410 e. The number of likely N-dealkylation sites (tertiary alicyclic amines) is 1. The van der Waals surface area contributed by atoms with Crippen LogP contribution in [0.1, 0.15) is 64.5 Å². The number of rotatable bonds is 4. The Bertz CT molecular complexity index is 627. The third-order valence-electron chi connectivity index (χ3n) is 4.30. The Balaban J connectivity index is 1.73. The molecule has 0 radical (unpaired) electrons. The van der Waals surface area contributed by atoms with Crippen molar-refractivity contribution in [1.29, 1.82) is 0 Å². The Kier molecular flexibility index (Phi) is 7.53. The van der Waals surface area contributed by atoms with Crippen molar-refractivity contribution < 1.29 is 9.53 Å². The number of piperidine rings is 1. The van der Waals surface area contributed by atoms with Gasteiger partial charge in [0.1, 0.15) is 5.60 Å². The number of carbonyl (C=O) groups excluding carboxylic acids is 1. The molecule has 1 heterocycles. The highest BCUT2D eigenvalue weighted by Gasteiger charge is 2.26. The van der Waals surface area contributed by atoms with Gasteiger partial charge in [0.2, 0.25) is 0 Å². The van der Waals surface area contributed by atoms with E-state index in [1.807, 2.05) is 25.7 Å². The minimum atomic E-state index is -0.431. The average Bonchev–Trinajstić information content (AvgIpc) is 2.60. The molecule has 1 aromatic rings. The number of hydrogen-bond acceptors (Lipinski definition) is 3. The number of amides is 1. The molecular weight excluding hydrogens is 324 g/mol. The van der Waals surface area contributed by atoms with Gasteiger partial charge in [-0.25, -0.2) is 4.79 Å². The number of benzene rings is 1. The van der Waals surface area contributed by atoms with Crippen LogP contribution in [0.2, 0.25) is 0 Å². The molecule has 1 amide bonds. The zero-order valence-electron chi connectivity index (χ0n) is 16.6. The first kappa shape index (κ1) is 20.3. The molecule has 0 spiro atoms. The molecule has 1 aromatic carbocycles. The summed E-state index contributed by atoms with van der Waals surface area (Å²) in [7, 11) is 0. The van der Waals surface area contributed by atoms with Gasteiger partial charge in [0.05, 0.1) is 0 Å². The zero-order chi connectivity index (χ0) is 19.0. The maximum absolute atomic E-state index is 12.1. The molecule has 1 N–H and O–H groups in total. The fraction of sp³-hybridized carbons (Fsp3) is 0.591. The molecule has 1 aliphatic heterocycles. The Morgan fingerprint density at radius 1 is 1.23 bits per heavy atom. The van der Waals surface area contributed by atoms with Gasteiger partial charge in [0.15, 0.2) is 0 Å². The molecule has 0 aliphatic carbocycles. The van der Waals surface area contributed by atoms with E-state index in [1.165, 1.54) is 5.56 Å². The molecule has 2 rings (SSSR count). The number of hydrogen-bond donors (Lipinski definition) is 1. The Morgan fingerprint density at radius 3 is 2.46 bits per heavy atom. The largest absolute Gasteiger partial charge is 0.444 e. The van der Waals surface area contributed by atoms with Crippen LogP contribution in [0.3, 0.4) is 0 Å². The quantitative estimate of drug-likeness (QED) is 0.817. The lowest BCUT2D eigenvalue weighted by Gasteiger charge is -2.33. The van der Waals surface area contributed by atoms with Crippen LogP contribution in [-0.4, -0.2) is 35.7 Å². The summed E-state index contributed by atoms with van der Waals surface area (Å²) in [5, 5.41) is 3.60. The zero-order valence-corrected chi connectivity index (χ0v) is 16.6. The molecular formula is C22H32N2O2. The lowest BCUT2D eigenvalue weighted by atomic mass is 10.0. The second-order valence-electron chi connectivity index (χ2n) is 7.87. The van der Waals surface area contributed by atoms with E-state index in [9.17, 15) is 4.79 Å². The third kappa shape index (κ3) is 7.09. The van der Waals surface area contributed by atoms with Crippen molar-refractivity contribution in [3.8, 4) is 11.8 Å². The van der Waals surface area contributed by atoms with Crippen molar-refractivity contribution in [2.24, 2.45) is 0 Å². The van der Waals surface area contributed by atoms with Crippen LogP contribution < -0.4 is 5.32 Å². The SMILES string of the molecule is CCCC#Cc1ccc(CNC2CCN(C(=O)OC(C)(C)C)CC2)cc1. The molecule has 26 heavy (non-hydrogen) atoms. The minimum Gasteiger partial charge on any atom is -0.444 e. The standard InChI is InChI=1S/C22H32N2O2/c1-5-6-7-8-18-9-11-19(12-10-18)17-23-20-13-15-24(16-14-20)21(25)26-22(2,3)4/h9-12,20,23H,5-6,13-17H2,1-4H3. The maximum atomic E-state index is 12.1. The number of nitrogens with zero attached hydrogens (tertiary/aromatic N) is 1. The van der Waals surface area contributed by atoms with E-state index in [0.717, 1.165) is 50.9 Å². The number of carbonyl (C=O) groups is 1. The van der Waals surface area contributed by atoms with Crippen LogP contribution >= 0.6 is 0 Å². The van der Waals surface area contributed by atoms with E-state index in [0.29, 0.717) is 6.04 Å². The van der Waals surface area contributed by atoms with Gasteiger partial charge in [-0.1, -0.05) is 30.9 Å². The summed E-state index contributed by atoms with van der Waals surface area (Å²) in [6.07, 6.45) is 3.77. The highest BCUT2D eigenvalue weighted by Crippen LogP contribution is 2.16. The van der Waals surface area contributed by atoms with Crippen molar-refractivity contribution in [3.05, 3.63) is 35.4 Å². The molecule has 0 unspecified atom stereocenters. The molecule has 1 saturated heterocycles. The molecule has 0 atom stereocenters. The lowest BCUT2D eigenvalue weighted by molar-refractivity contribution is 0.0198. The molecule has 4 heteroatoms. The summed E-state index contributed by atoms with van der Waals surface area (Å²) >= 11 is 0. The van der Waals surface area contributed by atoms with Crippen molar-refractivity contribution in [2.45, 2.75) is 71.6 Å². The highest BCUT2D eigenvalue weighted by atomic mass is 16.6. The van der Waals surface area contributed by atoms with E-state index in [-0.39, 0.29) is 6.09 Å². The van der Waals surface area contributed by atoms with E-state index in [4.69, 9.17) is 4.74 Å². The predicted molar refractivity (Wildman–Crippen MR) is 106 cm³/mol. The second-order valence-corrected chi connectivity index (χ2v) is 7.87. The third-order valence-corrected chi connectivity index (χ3v) is 4.30. The van der Waals surface area contributed by atoms with Crippen LogP contribution in [0.15, 0.2) is 24.3 Å². The Hall–Kier alpha value is -1.99. The van der Waals surface area contributed by atoms with E-state index < -0.39 is 5.60 Å². The molecule has 4 nitrogen and oxygen atoms in total. The normalized spacial score (nSPS) is 15.3. The first-order valence-electron chi connectivity index (χ1n) is 9.66. The van der Waals surface area contributed by atoms with Gasteiger partial charge >= 0.3 is 6.09 Å². The summed E-state index contributed by atoms with van der Waals surface area (Å²) in [4.78, 5) is 13.9. The van der Waals surface area contributed by atoms with Gasteiger partial charge < -0.3 is 15.0 Å². The average molecular weight is 357 g/mol. The fourth-order valence-electron chi connectivity index (χ4n) is 2.85. The van der Waals surface area contributed by atoms with Gasteiger partial charge in [-0.05, 0) is 57.7 Å². The molecule has 1 fully saturated rings. The Morgan fingerprint density at radius 2 is 1.88 bits per heavy atom. The van der Waals surface area contributed by atoms with Crippen molar-refractivity contribution in [3.63, 3.8) is 0 Å². The molecule has 142 valence electrons. The summed E-state index contributed by atoms with van der Waals surface area (Å²) in [6, 6.07) is 8.89. The lowest BCUT2D eigenvalue weighted by Crippen LogP contribution is -2.46. The highest BCUT2D eigenvalue weighted by molar-refractivity contribution is 5.68. The molecule has 0 saturated carbocycles. The van der Waals surface area contributed by atoms with Gasteiger partial charge in [-0.2, -0.15) is 0 Å². The first-order valence-corrected chi connectivity index (χ1v) is 9.66. The topological polar surface area (TPSA) is 41.6 Å². The molecule has 1 aliphatic rings. The number of nitrogens with one attached hydrogen (secondary N) is 1. The van der Waals surface area contributed by atoms with Crippen molar-refractivity contribution in [2.75, 3.05) is 13.1 Å². The van der Waals surface area contributed by atoms with Gasteiger partial charge in [-0.3, -0.25) is 0 Å². The number of ether oxygens (including phenoxy) is 1. The van der Waals surface area contributed by atoms with Gasteiger partial charge in [0.25, 0.3) is 0 Å². The van der Waals surface area contributed by atoms with Crippen molar-refractivity contribution >= 4 is 6.09 Å². The van der Waals surface area contributed by atoms with Gasteiger partial charge in [-0.15, -0.1) is 0 Å². The monoisotopic (exact) mass is 356 g/mol. The second kappa shape index (κ2) is 9.64. The first-order chi connectivity index (χ1) is 12.4. The summed E-state index contributed by atoms with van der Waals surface area (Å²) < 4.78 is 5.44. The van der Waals surface area contributed by atoms with E-state index in [1.54, 1.807) is 0 Å². The van der Waals surface area contributed by atoms with Crippen molar-refractivity contribution in [1.82, 2.24) is 10.2 Å². The van der Waals surface area contributed by atoms with E-state index in [2.05, 4.69) is 48.3 Å². The fourth-order valence-corrected chi connectivity index (χ4v) is 2.85. The van der Waals surface area contributed by atoms with E-state index >= 15 is 0 Å². The molecule has 0 bridgehead atoms. The summed E-state index contributed by atoms with van der Waals surface area (Å²) in [5.74, 6) is 6.36. The Labute approximate surface area is 158 Å². The van der Waals surface area contributed by atoms with Crippen LogP contribution in [0, 0.1) is 11.8 Å². The van der Waals surface area contributed by atoms with Crippen LogP contribution in [0.4, 0.5) is 4.79 Å².